The number of ether oxygens (including phenoxy) is 2. The minimum Gasteiger partial charge on any atom is -0.497 e. The van der Waals surface area contributed by atoms with Gasteiger partial charge in [-0.2, -0.15) is 9.78 Å². The summed E-state index contributed by atoms with van der Waals surface area (Å²) in [7, 11) is 1.56. The third kappa shape index (κ3) is 3.48. The molecular formula is C21H21N3O4. The number of fused-ring (bicyclic) bond motifs is 1. The number of hydrogen-bond acceptors (Lipinski definition) is 5. The molecule has 7 heteroatoms. The van der Waals surface area contributed by atoms with Crippen molar-refractivity contribution in [2.45, 2.75) is 18.9 Å². The lowest BCUT2D eigenvalue weighted by Gasteiger charge is -2.13. The number of methoxy groups -OCH3 is 1. The Bertz CT molecular complexity index is 1070. The van der Waals surface area contributed by atoms with Gasteiger partial charge in [-0.15, -0.1) is 0 Å². The van der Waals surface area contributed by atoms with Gasteiger partial charge in [0, 0.05) is 24.6 Å². The fourth-order valence-electron chi connectivity index (χ4n) is 3.37. The quantitative estimate of drug-likeness (QED) is 0.736. The van der Waals surface area contributed by atoms with Crippen LogP contribution in [0.1, 0.15) is 23.3 Å². The monoisotopic (exact) mass is 379 g/mol. The molecule has 0 aliphatic carbocycles. The molecule has 1 saturated heterocycles. The summed E-state index contributed by atoms with van der Waals surface area (Å²) in [6.07, 6.45) is 1.96. The first-order valence-electron chi connectivity index (χ1n) is 9.23. The Kier molecular flexibility index (Phi) is 5.08. The van der Waals surface area contributed by atoms with E-state index < -0.39 is 0 Å². The summed E-state index contributed by atoms with van der Waals surface area (Å²) < 4.78 is 12.0. The maximum Gasteiger partial charge on any atom is 0.279 e. The molecule has 1 aliphatic rings. The molecule has 2 aromatic carbocycles. The summed E-state index contributed by atoms with van der Waals surface area (Å²) in [6, 6.07) is 14.0. The van der Waals surface area contributed by atoms with Crippen molar-refractivity contribution >= 4 is 16.7 Å². The predicted octanol–water partition coefficient (Wildman–Crippen LogP) is 2.30. The van der Waals surface area contributed by atoms with Crippen molar-refractivity contribution in [3.8, 4) is 11.4 Å². The normalized spacial score (nSPS) is 16.2. The zero-order valence-electron chi connectivity index (χ0n) is 15.6. The fourth-order valence-corrected chi connectivity index (χ4v) is 3.37. The topological polar surface area (TPSA) is 82.5 Å². The second-order valence-electron chi connectivity index (χ2n) is 6.66. The van der Waals surface area contributed by atoms with E-state index >= 15 is 0 Å². The minimum atomic E-state index is -0.330. The molecule has 1 fully saturated rings. The molecule has 1 aromatic heterocycles. The van der Waals surface area contributed by atoms with Crippen LogP contribution in [-0.4, -0.2) is 42.1 Å². The molecule has 28 heavy (non-hydrogen) atoms. The SMILES string of the molecule is COc1cccc(-n2nc(C(=O)NC[C@H]3CCCO3)c3ccccc3c2=O)c1. The molecule has 1 N–H and O–H groups in total. The molecule has 1 atom stereocenters. The maximum absolute atomic E-state index is 13.0. The highest BCUT2D eigenvalue weighted by Gasteiger charge is 2.20. The average Bonchev–Trinajstić information content (AvgIpc) is 3.26. The first kappa shape index (κ1) is 18.2. The highest BCUT2D eigenvalue weighted by molar-refractivity contribution is 6.04. The van der Waals surface area contributed by atoms with E-state index in [1.54, 1.807) is 55.6 Å². The van der Waals surface area contributed by atoms with Crippen molar-refractivity contribution < 1.29 is 14.3 Å². The molecule has 1 aliphatic heterocycles. The number of amides is 1. The molecule has 7 nitrogen and oxygen atoms in total. The first-order valence-corrected chi connectivity index (χ1v) is 9.23. The van der Waals surface area contributed by atoms with E-state index in [9.17, 15) is 9.59 Å². The van der Waals surface area contributed by atoms with Crippen LogP contribution in [0.2, 0.25) is 0 Å². The smallest absolute Gasteiger partial charge is 0.279 e. The van der Waals surface area contributed by atoms with Gasteiger partial charge in [0.25, 0.3) is 11.5 Å². The first-order chi connectivity index (χ1) is 13.7. The third-order valence-electron chi connectivity index (χ3n) is 4.83. The highest BCUT2D eigenvalue weighted by Crippen LogP contribution is 2.18. The lowest BCUT2D eigenvalue weighted by atomic mass is 10.1. The van der Waals surface area contributed by atoms with Gasteiger partial charge in [0.05, 0.1) is 24.3 Å². The molecule has 1 amide bonds. The van der Waals surface area contributed by atoms with Gasteiger partial charge < -0.3 is 14.8 Å². The van der Waals surface area contributed by atoms with Crippen LogP contribution >= 0.6 is 0 Å². The van der Waals surface area contributed by atoms with Crippen molar-refractivity contribution in [3.05, 3.63) is 64.6 Å². The number of hydrogen-bond donors (Lipinski definition) is 1. The summed E-state index contributed by atoms with van der Waals surface area (Å²) in [5.41, 5.74) is 0.443. The second kappa shape index (κ2) is 7.82. The van der Waals surface area contributed by atoms with Crippen molar-refractivity contribution in [1.29, 1.82) is 0 Å². The molecule has 4 rings (SSSR count). The zero-order chi connectivity index (χ0) is 19.5. The number of carbonyl (C=O) groups is 1. The van der Waals surface area contributed by atoms with Gasteiger partial charge in [-0.25, -0.2) is 0 Å². The Labute approximate surface area is 161 Å². The van der Waals surface area contributed by atoms with Gasteiger partial charge in [0.1, 0.15) is 5.75 Å². The van der Waals surface area contributed by atoms with Gasteiger partial charge in [0.15, 0.2) is 5.69 Å². The number of carbonyl (C=O) groups excluding carboxylic acids is 1. The third-order valence-corrected chi connectivity index (χ3v) is 4.83. The molecule has 0 saturated carbocycles. The van der Waals surface area contributed by atoms with Crippen molar-refractivity contribution in [2.24, 2.45) is 0 Å². The van der Waals surface area contributed by atoms with E-state index in [1.165, 1.54) is 4.68 Å². The van der Waals surface area contributed by atoms with E-state index in [1.807, 2.05) is 0 Å². The van der Waals surface area contributed by atoms with Gasteiger partial charge in [0.2, 0.25) is 0 Å². The summed E-state index contributed by atoms with van der Waals surface area (Å²) in [6.45, 7) is 1.15. The number of nitrogens with one attached hydrogen (secondary N) is 1. The van der Waals surface area contributed by atoms with Crippen molar-refractivity contribution in [3.63, 3.8) is 0 Å². The van der Waals surface area contributed by atoms with E-state index in [0.717, 1.165) is 19.4 Å². The van der Waals surface area contributed by atoms with Crippen molar-refractivity contribution in [1.82, 2.24) is 15.1 Å². The van der Waals surface area contributed by atoms with Crippen LogP contribution in [0.4, 0.5) is 0 Å². The van der Waals surface area contributed by atoms with Crippen LogP contribution < -0.4 is 15.6 Å². The zero-order valence-corrected chi connectivity index (χ0v) is 15.6. The minimum absolute atomic E-state index is 0.0273. The number of rotatable bonds is 5. The highest BCUT2D eigenvalue weighted by atomic mass is 16.5. The fraction of sp³-hybridized carbons (Fsp3) is 0.286. The Hall–Kier alpha value is -3.19. The van der Waals surface area contributed by atoms with Crippen LogP contribution in [0.5, 0.6) is 5.75 Å². The van der Waals surface area contributed by atoms with Crippen LogP contribution in [-0.2, 0) is 4.74 Å². The van der Waals surface area contributed by atoms with Crippen LogP contribution in [0.15, 0.2) is 53.3 Å². The summed E-state index contributed by atoms with van der Waals surface area (Å²) in [4.78, 5) is 25.8. The summed E-state index contributed by atoms with van der Waals surface area (Å²) in [5.74, 6) is 0.270. The molecular weight excluding hydrogens is 358 g/mol. The Balaban J connectivity index is 1.77. The van der Waals surface area contributed by atoms with Crippen molar-refractivity contribution in [2.75, 3.05) is 20.3 Å². The summed E-state index contributed by atoms with van der Waals surface area (Å²) in [5, 5.41) is 8.23. The number of benzene rings is 2. The molecule has 144 valence electrons. The average molecular weight is 379 g/mol. The number of aromatic nitrogens is 2. The van der Waals surface area contributed by atoms with Gasteiger partial charge in [-0.05, 0) is 31.0 Å². The summed E-state index contributed by atoms with van der Waals surface area (Å²) >= 11 is 0. The Morgan fingerprint density at radius 1 is 1.25 bits per heavy atom. The standard InChI is InChI=1S/C21H21N3O4/c1-27-15-7-4-6-14(12-15)24-21(26)18-10-3-2-9-17(18)19(23-24)20(25)22-13-16-8-5-11-28-16/h2-4,6-7,9-10,12,16H,5,8,11,13H2,1H3,(H,22,25)/t16-/m1/s1. The van der Waals surface area contributed by atoms with Gasteiger partial charge >= 0.3 is 0 Å². The van der Waals surface area contributed by atoms with Crippen LogP contribution in [0.25, 0.3) is 16.5 Å². The van der Waals surface area contributed by atoms with Gasteiger partial charge in [-0.3, -0.25) is 9.59 Å². The Morgan fingerprint density at radius 3 is 2.82 bits per heavy atom. The Morgan fingerprint density at radius 2 is 2.07 bits per heavy atom. The molecule has 0 spiro atoms. The lowest BCUT2D eigenvalue weighted by Crippen LogP contribution is -2.34. The van der Waals surface area contributed by atoms with E-state index in [4.69, 9.17) is 9.47 Å². The largest absolute Gasteiger partial charge is 0.497 e. The molecule has 0 unspecified atom stereocenters. The number of nitrogens with zero attached hydrogens (tertiary/aromatic N) is 2. The maximum atomic E-state index is 13.0. The predicted molar refractivity (Wildman–Crippen MR) is 105 cm³/mol. The van der Waals surface area contributed by atoms with Gasteiger partial charge in [-0.1, -0.05) is 24.3 Å². The molecule has 2 heterocycles. The second-order valence-corrected chi connectivity index (χ2v) is 6.66. The van der Waals surface area contributed by atoms with Crippen LogP contribution in [0, 0.1) is 0 Å². The van der Waals surface area contributed by atoms with E-state index in [-0.39, 0.29) is 23.3 Å². The lowest BCUT2D eigenvalue weighted by molar-refractivity contribution is 0.0854. The van der Waals surface area contributed by atoms with Crippen LogP contribution in [0.3, 0.4) is 0 Å². The van der Waals surface area contributed by atoms with E-state index in [2.05, 4.69) is 10.4 Å². The molecule has 0 bridgehead atoms. The molecule has 3 aromatic rings. The van der Waals surface area contributed by atoms with E-state index in [0.29, 0.717) is 28.8 Å². The molecule has 0 radical (unpaired) electrons.